The lowest BCUT2D eigenvalue weighted by atomic mass is 10.1. The molecule has 0 atom stereocenters. The molecular weight excluding hydrogens is 283 g/mol. The Hall–Kier alpha value is -2.45. The van der Waals surface area contributed by atoms with Gasteiger partial charge in [-0.05, 0) is 6.07 Å². The molecule has 0 aromatic heterocycles. The van der Waals surface area contributed by atoms with Crippen LogP contribution in [-0.4, -0.2) is 37.4 Å². The molecule has 1 amide bonds. The standard InChI is InChI=1S/C11H10F3NO5/c1-19-5-3-6(9(16)17)8(7(4-5)20-2)15-10(18)11(12,13)14/h3-4H,1-2H3,(H,15,18)(H,16,17). The molecule has 0 heterocycles. The van der Waals surface area contributed by atoms with Gasteiger partial charge in [-0.25, -0.2) is 4.79 Å². The summed E-state index contributed by atoms with van der Waals surface area (Å²) in [5.74, 6) is -4.05. The van der Waals surface area contributed by atoms with E-state index in [4.69, 9.17) is 14.6 Å². The molecule has 0 aliphatic rings. The summed E-state index contributed by atoms with van der Waals surface area (Å²) >= 11 is 0. The van der Waals surface area contributed by atoms with E-state index in [0.29, 0.717) is 0 Å². The number of carbonyl (C=O) groups is 2. The van der Waals surface area contributed by atoms with Crippen molar-refractivity contribution in [2.45, 2.75) is 6.18 Å². The highest BCUT2D eigenvalue weighted by Gasteiger charge is 2.39. The Morgan fingerprint density at radius 1 is 1.20 bits per heavy atom. The maximum atomic E-state index is 12.2. The Morgan fingerprint density at radius 3 is 2.20 bits per heavy atom. The van der Waals surface area contributed by atoms with Gasteiger partial charge in [-0.2, -0.15) is 13.2 Å². The van der Waals surface area contributed by atoms with E-state index < -0.39 is 29.3 Å². The first-order chi connectivity index (χ1) is 9.20. The Kier molecular flexibility index (Phi) is 4.43. The minimum Gasteiger partial charge on any atom is -0.497 e. The average Bonchev–Trinajstić information content (AvgIpc) is 2.37. The number of alkyl halides is 3. The van der Waals surface area contributed by atoms with E-state index in [1.807, 2.05) is 0 Å². The summed E-state index contributed by atoms with van der Waals surface area (Å²) in [6.07, 6.45) is -5.15. The summed E-state index contributed by atoms with van der Waals surface area (Å²) in [7, 11) is 2.36. The number of ether oxygens (including phenoxy) is 2. The Balaban J connectivity index is 3.35. The van der Waals surface area contributed by atoms with Crippen molar-refractivity contribution in [1.29, 1.82) is 0 Å². The van der Waals surface area contributed by atoms with E-state index >= 15 is 0 Å². The fourth-order valence-corrected chi connectivity index (χ4v) is 1.35. The van der Waals surface area contributed by atoms with Gasteiger partial charge in [0.1, 0.15) is 11.5 Å². The summed E-state index contributed by atoms with van der Waals surface area (Å²) in [5.41, 5.74) is -1.18. The van der Waals surface area contributed by atoms with Gasteiger partial charge >= 0.3 is 18.1 Å². The molecule has 0 fully saturated rings. The van der Waals surface area contributed by atoms with Gasteiger partial charge in [0.25, 0.3) is 0 Å². The molecule has 0 unspecified atom stereocenters. The molecule has 0 aliphatic carbocycles. The van der Waals surface area contributed by atoms with Crippen LogP contribution in [0.25, 0.3) is 0 Å². The minimum atomic E-state index is -5.15. The summed E-state index contributed by atoms with van der Waals surface area (Å²) in [5, 5.41) is 10.5. The van der Waals surface area contributed by atoms with Crippen LogP contribution in [0.3, 0.4) is 0 Å². The molecule has 1 aromatic rings. The quantitative estimate of drug-likeness (QED) is 0.885. The zero-order valence-electron chi connectivity index (χ0n) is 10.4. The van der Waals surface area contributed by atoms with E-state index in [0.717, 1.165) is 19.2 Å². The molecule has 9 heteroatoms. The normalized spacial score (nSPS) is 10.8. The summed E-state index contributed by atoms with van der Waals surface area (Å²) in [6, 6.07) is 2.12. The van der Waals surface area contributed by atoms with Crippen molar-refractivity contribution in [3.63, 3.8) is 0 Å². The maximum Gasteiger partial charge on any atom is 0.471 e. The van der Waals surface area contributed by atoms with Crippen LogP contribution in [0.2, 0.25) is 0 Å². The number of amides is 1. The highest BCUT2D eigenvalue weighted by molar-refractivity contribution is 6.04. The second-order valence-electron chi connectivity index (χ2n) is 3.51. The van der Waals surface area contributed by atoms with Gasteiger partial charge in [0.2, 0.25) is 0 Å². The topological polar surface area (TPSA) is 84.9 Å². The number of methoxy groups -OCH3 is 2. The number of nitrogens with one attached hydrogen (secondary N) is 1. The first-order valence-corrected chi connectivity index (χ1v) is 5.08. The molecule has 0 saturated heterocycles. The predicted octanol–water partition coefficient (Wildman–Crippen LogP) is 1.90. The van der Waals surface area contributed by atoms with Crippen LogP contribution in [0, 0.1) is 0 Å². The zero-order chi connectivity index (χ0) is 15.5. The second kappa shape index (κ2) is 5.68. The highest BCUT2D eigenvalue weighted by atomic mass is 19.4. The van der Waals surface area contributed by atoms with Gasteiger partial charge in [0.15, 0.2) is 0 Å². The molecule has 0 saturated carbocycles. The number of aromatic carboxylic acids is 1. The van der Waals surface area contributed by atoms with Crippen molar-refractivity contribution < 1.29 is 37.3 Å². The van der Waals surface area contributed by atoms with Crippen LogP contribution in [0.5, 0.6) is 11.5 Å². The molecule has 0 spiro atoms. The minimum absolute atomic E-state index is 0.0595. The molecule has 2 N–H and O–H groups in total. The van der Waals surface area contributed by atoms with E-state index in [-0.39, 0.29) is 11.5 Å². The summed E-state index contributed by atoms with van der Waals surface area (Å²) < 4.78 is 46.2. The third-order valence-corrected chi connectivity index (χ3v) is 2.26. The third kappa shape index (κ3) is 3.31. The van der Waals surface area contributed by atoms with Crippen LogP contribution in [0.1, 0.15) is 10.4 Å². The van der Waals surface area contributed by atoms with Crippen LogP contribution >= 0.6 is 0 Å². The number of benzene rings is 1. The fraction of sp³-hybridized carbons (Fsp3) is 0.273. The van der Waals surface area contributed by atoms with Crippen molar-refractivity contribution in [2.24, 2.45) is 0 Å². The fourth-order valence-electron chi connectivity index (χ4n) is 1.35. The third-order valence-electron chi connectivity index (χ3n) is 2.26. The number of carbonyl (C=O) groups excluding carboxylic acids is 1. The van der Waals surface area contributed by atoms with Crippen LogP contribution < -0.4 is 14.8 Å². The molecule has 20 heavy (non-hydrogen) atoms. The Morgan fingerprint density at radius 2 is 1.80 bits per heavy atom. The lowest BCUT2D eigenvalue weighted by Crippen LogP contribution is -2.30. The van der Waals surface area contributed by atoms with Crippen LogP contribution in [-0.2, 0) is 4.79 Å². The predicted molar refractivity (Wildman–Crippen MR) is 61.2 cm³/mol. The molecule has 0 radical (unpaired) electrons. The van der Waals surface area contributed by atoms with Crippen molar-refractivity contribution in [1.82, 2.24) is 0 Å². The van der Waals surface area contributed by atoms with Crippen molar-refractivity contribution >= 4 is 17.6 Å². The first-order valence-electron chi connectivity index (χ1n) is 5.08. The number of anilines is 1. The lowest BCUT2D eigenvalue weighted by molar-refractivity contribution is -0.167. The number of hydrogen-bond acceptors (Lipinski definition) is 4. The second-order valence-corrected chi connectivity index (χ2v) is 3.51. The highest BCUT2D eigenvalue weighted by Crippen LogP contribution is 2.34. The number of halogens is 3. The smallest absolute Gasteiger partial charge is 0.471 e. The number of carboxylic acids is 1. The molecule has 110 valence electrons. The van der Waals surface area contributed by atoms with Gasteiger partial charge < -0.3 is 19.9 Å². The maximum absolute atomic E-state index is 12.2. The SMILES string of the molecule is COc1cc(OC)c(NC(=O)C(F)(F)F)c(C(=O)O)c1. The molecule has 6 nitrogen and oxygen atoms in total. The van der Waals surface area contributed by atoms with Gasteiger partial charge in [-0.3, -0.25) is 4.79 Å². The van der Waals surface area contributed by atoms with Gasteiger partial charge in [-0.1, -0.05) is 0 Å². The first kappa shape index (κ1) is 15.6. The zero-order valence-corrected chi connectivity index (χ0v) is 10.4. The molecule has 1 aromatic carbocycles. The van der Waals surface area contributed by atoms with Gasteiger partial charge in [-0.15, -0.1) is 0 Å². The van der Waals surface area contributed by atoms with E-state index in [1.165, 1.54) is 12.4 Å². The van der Waals surface area contributed by atoms with Crippen molar-refractivity contribution in [3.8, 4) is 11.5 Å². The average molecular weight is 293 g/mol. The van der Waals surface area contributed by atoms with Gasteiger partial charge in [0, 0.05) is 6.07 Å². The number of hydrogen-bond donors (Lipinski definition) is 2. The Bertz CT molecular complexity index is 542. The molecule has 0 bridgehead atoms. The van der Waals surface area contributed by atoms with E-state index in [1.54, 1.807) is 0 Å². The van der Waals surface area contributed by atoms with Crippen molar-refractivity contribution in [2.75, 3.05) is 19.5 Å². The Labute approximate surface area is 111 Å². The van der Waals surface area contributed by atoms with Gasteiger partial charge in [0.05, 0.1) is 25.5 Å². The lowest BCUT2D eigenvalue weighted by Gasteiger charge is -2.15. The summed E-state index contributed by atoms with van der Waals surface area (Å²) in [4.78, 5) is 22.0. The van der Waals surface area contributed by atoms with Crippen LogP contribution in [0.4, 0.5) is 18.9 Å². The van der Waals surface area contributed by atoms with E-state index in [9.17, 15) is 22.8 Å². The molecule has 1 rings (SSSR count). The van der Waals surface area contributed by atoms with Crippen LogP contribution in [0.15, 0.2) is 12.1 Å². The number of carboxylic acid groups (broad SMARTS) is 1. The largest absolute Gasteiger partial charge is 0.497 e. The monoisotopic (exact) mass is 293 g/mol. The van der Waals surface area contributed by atoms with Crippen molar-refractivity contribution in [3.05, 3.63) is 17.7 Å². The molecule has 0 aliphatic heterocycles. The molecular formula is C11H10F3NO5. The van der Waals surface area contributed by atoms with E-state index in [2.05, 4.69) is 0 Å². The summed E-state index contributed by atoms with van der Waals surface area (Å²) in [6.45, 7) is 0. The number of rotatable bonds is 4.